The molecule has 1 N–H and O–H groups in total. The summed E-state index contributed by atoms with van der Waals surface area (Å²) in [5.41, 5.74) is 3.78. The fraction of sp³-hybridized carbons (Fsp3) is 0.208. The molecule has 1 aliphatic heterocycles. The van der Waals surface area contributed by atoms with Crippen LogP contribution < -0.4 is 4.90 Å². The number of fused-ring (bicyclic) bond motifs is 5. The van der Waals surface area contributed by atoms with E-state index in [1.54, 1.807) is 12.1 Å². The molecule has 1 heterocycles. The van der Waals surface area contributed by atoms with Crippen LogP contribution >= 0.6 is 0 Å². The molecule has 0 spiro atoms. The molecule has 0 radical (unpaired) electrons. The van der Waals surface area contributed by atoms with E-state index in [0.29, 0.717) is 5.69 Å². The van der Waals surface area contributed by atoms with Gasteiger partial charge in [0.1, 0.15) is 0 Å². The first-order chi connectivity index (χ1) is 14.0. The third kappa shape index (κ3) is 2.43. The number of nitrogens with zero attached hydrogens (tertiary/aromatic N) is 1. The van der Waals surface area contributed by atoms with Crippen LogP contribution in [0.25, 0.3) is 5.57 Å². The summed E-state index contributed by atoms with van der Waals surface area (Å²) in [7, 11) is 0. The van der Waals surface area contributed by atoms with Crippen LogP contribution in [-0.2, 0) is 9.59 Å². The molecule has 2 aliphatic carbocycles. The number of anilines is 1. The summed E-state index contributed by atoms with van der Waals surface area (Å²) in [5, 5.41) is 9.24. The lowest BCUT2D eigenvalue weighted by Gasteiger charge is -2.20. The highest BCUT2D eigenvalue weighted by molar-refractivity contribution is 6.23. The van der Waals surface area contributed by atoms with Crippen molar-refractivity contribution in [1.29, 1.82) is 0 Å². The van der Waals surface area contributed by atoms with Gasteiger partial charge >= 0.3 is 5.97 Å². The van der Waals surface area contributed by atoms with E-state index in [9.17, 15) is 19.5 Å². The van der Waals surface area contributed by atoms with Crippen molar-refractivity contribution in [3.8, 4) is 0 Å². The molecule has 0 unspecified atom stereocenters. The minimum Gasteiger partial charge on any atom is -0.478 e. The van der Waals surface area contributed by atoms with Crippen molar-refractivity contribution in [3.63, 3.8) is 0 Å². The highest BCUT2D eigenvalue weighted by Gasteiger charge is 2.62. The van der Waals surface area contributed by atoms with Gasteiger partial charge in [0.2, 0.25) is 11.8 Å². The van der Waals surface area contributed by atoms with Crippen LogP contribution in [0.1, 0.15) is 22.8 Å². The van der Waals surface area contributed by atoms with Crippen LogP contribution in [-0.4, -0.2) is 22.9 Å². The lowest BCUT2D eigenvalue weighted by molar-refractivity contribution is -0.122. The number of hydrogen-bond acceptors (Lipinski definition) is 3. The molecule has 2 aromatic carbocycles. The fourth-order valence-electron chi connectivity index (χ4n) is 5.15. The average Bonchev–Trinajstić information content (AvgIpc) is 3.37. The van der Waals surface area contributed by atoms with E-state index in [-0.39, 0.29) is 29.2 Å². The SMILES string of the molecule is CC(=C1[C@H]2C=C[C@H]1[C@@H]1C(=O)N(c3cccc(C(=O)O)c3)C(=O)[C@H]12)c1ccccc1. The van der Waals surface area contributed by atoms with Gasteiger partial charge in [0, 0.05) is 11.8 Å². The smallest absolute Gasteiger partial charge is 0.335 e. The quantitative estimate of drug-likeness (QED) is 0.645. The Labute approximate surface area is 168 Å². The number of carboxylic acids is 1. The molecular weight excluding hydrogens is 366 g/mol. The van der Waals surface area contributed by atoms with E-state index in [2.05, 4.69) is 19.1 Å². The monoisotopic (exact) mass is 385 g/mol. The lowest BCUT2D eigenvalue weighted by Crippen LogP contribution is -2.33. The molecule has 2 fully saturated rings. The summed E-state index contributed by atoms with van der Waals surface area (Å²) in [4.78, 5) is 39.0. The van der Waals surface area contributed by atoms with Crippen molar-refractivity contribution in [2.45, 2.75) is 6.92 Å². The number of hydrogen-bond donors (Lipinski definition) is 1. The number of aromatic carboxylic acids is 1. The largest absolute Gasteiger partial charge is 0.478 e. The lowest BCUT2D eigenvalue weighted by atomic mass is 9.85. The van der Waals surface area contributed by atoms with Crippen LogP contribution in [0.4, 0.5) is 5.69 Å². The standard InChI is InChI=1S/C24H19NO4/c1-13(14-6-3-2-4-7-14)19-17-10-11-18(19)21-20(17)22(26)25(23(21)27)16-9-5-8-15(12-16)24(28)29/h2-12,17-18,20-21H,1H3,(H,28,29)/t17-,18-,20+,21+/m1/s1. The number of carbonyl (C=O) groups is 3. The second-order valence-corrected chi connectivity index (χ2v) is 7.80. The number of carboxylic acid groups (broad SMARTS) is 1. The van der Waals surface area contributed by atoms with Crippen molar-refractivity contribution in [2.75, 3.05) is 4.90 Å². The predicted octanol–water partition coefficient (Wildman–Crippen LogP) is 3.78. The molecule has 1 saturated heterocycles. The molecule has 5 heteroatoms. The zero-order chi connectivity index (χ0) is 20.3. The highest BCUT2D eigenvalue weighted by atomic mass is 16.4. The molecule has 2 amide bonds. The summed E-state index contributed by atoms with van der Waals surface area (Å²) in [6.07, 6.45) is 4.10. The Hall–Kier alpha value is -3.47. The van der Waals surface area contributed by atoms with Crippen molar-refractivity contribution in [3.05, 3.63) is 83.4 Å². The minimum atomic E-state index is -1.09. The van der Waals surface area contributed by atoms with Gasteiger partial charge < -0.3 is 5.11 Å². The summed E-state index contributed by atoms with van der Waals surface area (Å²) in [6.45, 7) is 2.06. The van der Waals surface area contributed by atoms with Gasteiger partial charge in [-0.05, 0) is 36.3 Å². The van der Waals surface area contributed by atoms with Crippen LogP contribution in [0, 0.1) is 23.7 Å². The van der Waals surface area contributed by atoms with Gasteiger partial charge in [-0.15, -0.1) is 0 Å². The molecule has 0 aromatic heterocycles. The van der Waals surface area contributed by atoms with Gasteiger partial charge in [-0.2, -0.15) is 0 Å². The number of amides is 2. The van der Waals surface area contributed by atoms with E-state index >= 15 is 0 Å². The molecule has 29 heavy (non-hydrogen) atoms. The van der Waals surface area contributed by atoms with Gasteiger partial charge in [0.25, 0.3) is 0 Å². The van der Waals surface area contributed by atoms with E-state index in [4.69, 9.17) is 0 Å². The third-order valence-corrected chi connectivity index (χ3v) is 6.41. The first kappa shape index (κ1) is 17.6. The number of benzene rings is 2. The van der Waals surface area contributed by atoms with Crippen LogP contribution in [0.15, 0.2) is 72.3 Å². The molecule has 3 aliphatic rings. The summed E-state index contributed by atoms with van der Waals surface area (Å²) >= 11 is 0. The van der Waals surface area contributed by atoms with Crippen LogP contribution in [0.2, 0.25) is 0 Å². The van der Waals surface area contributed by atoms with Gasteiger partial charge in [0.05, 0.1) is 23.1 Å². The van der Waals surface area contributed by atoms with Gasteiger partial charge in [-0.1, -0.05) is 54.1 Å². The Morgan fingerprint density at radius 3 is 2.03 bits per heavy atom. The number of allylic oxidation sites excluding steroid dienone is 4. The Morgan fingerprint density at radius 1 is 0.862 bits per heavy atom. The van der Waals surface area contributed by atoms with Gasteiger partial charge in [-0.3, -0.25) is 9.59 Å². The molecule has 2 aromatic rings. The van der Waals surface area contributed by atoms with E-state index in [1.807, 2.05) is 30.3 Å². The Morgan fingerprint density at radius 2 is 1.45 bits per heavy atom. The zero-order valence-corrected chi connectivity index (χ0v) is 15.8. The highest BCUT2D eigenvalue weighted by Crippen LogP contribution is 2.58. The van der Waals surface area contributed by atoms with Crippen molar-refractivity contribution in [2.24, 2.45) is 23.7 Å². The maximum absolute atomic E-state index is 13.3. The van der Waals surface area contributed by atoms with Crippen molar-refractivity contribution < 1.29 is 19.5 Å². The molecule has 1 saturated carbocycles. The Balaban J connectivity index is 1.54. The summed E-state index contributed by atoms with van der Waals surface area (Å²) < 4.78 is 0. The third-order valence-electron chi connectivity index (χ3n) is 6.41. The first-order valence-electron chi connectivity index (χ1n) is 9.64. The minimum absolute atomic E-state index is 0.0572. The van der Waals surface area contributed by atoms with Crippen molar-refractivity contribution in [1.82, 2.24) is 0 Å². The maximum atomic E-state index is 13.3. The van der Waals surface area contributed by atoms with Gasteiger partial charge in [-0.25, -0.2) is 9.69 Å². The van der Waals surface area contributed by atoms with E-state index in [1.165, 1.54) is 17.0 Å². The van der Waals surface area contributed by atoms with Gasteiger partial charge in [0.15, 0.2) is 0 Å². The molecule has 144 valence electrons. The molecular formula is C24H19NO4. The summed E-state index contributed by atoms with van der Waals surface area (Å²) in [6, 6.07) is 16.0. The molecule has 4 atom stereocenters. The number of imide groups is 1. The fourth-order valence-corrected chi connectivity index (χ4v) is 5.15. The van der Waals surface area contributed by atoms with Crippen LogP contribution in [0.3, 0.4) is 0 Å². The molecule has 5 nitrogen and oxygen atoms in total. The molecule has 2 bridgehead atoms. The number of rotatable bonds is 3. The summed E-state index contributed by atoms with van der Waals surface area (Å²) in [5.74, 6) is -2.57. The second-order valence-electron chi connectivity index (χ2n) is 7.80. The maximum Gasteiger partial charge on any atom is 0.335 e. The number of carbonyl (C=O) groups excluding carboxylic acids is 2. The van der Waals surface area contributed by atoms with E-state index < -0.39 is 17.8 Å². The second kappa shape index (κ2) is 6.27. The van der Waals surface area contributed by atoms with Crippen molar-refractivity contribution >= 4 is 29.0 Å². The molecule has 5 rings (SSSR count). The Bertz CT molecular complexity index is 1080. The van der Waals surface area contributed by atoms with E-state index in [0.717, 1.165) is 16.7 Å². The zero-order valence-electron chi connectivity index (χ0n) is 15.8. The van der Waals surface area contributed by atoms with Crippen LogP contribution in [0.5, 0.6) is 0 Å². The first-order valence-corrected chi connectivity index (χ1v) is 9.64. The average molecular weight is 385 g/mol. The topological polar surface area (TPSA) is 74.7 Å². The predicted molar refractivity (Wildman–Crippen MR) is 108 cm³/mol. The Kier molecular flexibility index (Phi) is 3.81. The normalized spacial score (nSPS) is 26.9.